The minimum Gasteiger partial charge on any atom is -0.478 e. The number of aromatic nitrogens is 2. The van der Waals surface area contributed by atoms with Crippen LogP contribution in [0.25, 0.3) is 22.2 Å². The Kier molecular flexibility index (Phi) is 5.75. The van der Waals surface area contributed by atoms with E-state index in [0.717, 1.165) is 40.0 Å². The fourth-order valence-electron chi connectivity index (χ4n) is 3.22. The molecule has 0 fully saturated rings. The highest BCUT2D eigenvalue weighted by Gasteiger charge is 2.10. The van der Waals surface area contributed by atoms with E-state index in [9.17, 15) is 9.59 Å². The second-order valence-electron chi connectivity index (χ2n) is 6.91. The molecule has 0 radical (unpaired) electrons. The minimum absolute atomic E-state index is 0.515. The maximum Gasteiger partial charge on any atom is 0.328 e. The zero-order valence-electron chi connectivity index (χ0n) is 16.5. The largest absolute Gasteiger partial charge is 0.478 e. The smallest absolute Gasteiger partial charge is 0.328 e. The number of benzene rings is 3. The quantitative estimate of drug-likeness (QED) is 0.336. The molecule has 0 aliphatic rings. The van der Waals surface area contributed by atoms with Gasteiger partial charge in [-0.1, -0.05) is 42.5 Å². The molecule has 7 heteroatoms. The average molecular weight is 412 g/mol. The predicted molar refractivity (Wildman–Crippen MR) is 121 cm³/mol. The van der Waals surface area contributed by atoms with Crippen LogP contribution in [0, 0.1) is 0 Å². The number of anilines is 2. The summed E-state index contributed by atoms with van der Waals surface area (Å²) in [6.07, 6.45) is 1.77. The van der Waals surface area contributed by atoms with Gasteiger partial charge in [0.1, 0.15) is 5.69 Å². The number of amides is 1. The van der Waals surface area contributed by atoms with Crippen LogP contribution in [0.4, 0.5) is 11.4 Å². The molecular formula is C24H20N4O3. The first-order valence-corrected chi connectivity index (χ1v) is 9.67. The summed E-state index contributed by atoms with van der Waals surface area (Å²) in [6, 6.07) is 23.4. The van der Waals surface area contributed by atoms with E-state index in [2.05, 4.69) is 33.0 Å². The van der Waals surface area contributed by atoms with Crippen LogP contribution in [0.3, 0.4) is 0 Å². The predicted octanol–water partition coefficient (Wildman–Crippen LogP) is 4.42. The van der Waals surface area contributed by atoms with Crippen LogP contribution in [0.5, 0.6) is 0 Å². The molecule has 4 rings (SSSR count). The number of hydrogen-bond acceptors (Lipinski definition) is 4. The highest BCUT2D eigenvalue weighted by atomic mass is 16.4. The first-order chi connectivity index (χ1) is 15.1. The third kappa shape index (κ3) is 4.97. The van der Waals surface area contributed by atoms with Crippen LogP contribution >= 0.6 is 0 Å². The molecule has 4 aromatic rings. The van der Waals surface area contributed by atoms with Crippen LogP contribution in [-0.2, 0) is 16.1 Å². The first-order valence-electron chi connectivity index (χ1n) is 9.67. The van der Waals surface area contributed by atoms with Crippen molar-refractivity contribution in [1.29, 1.82) is 0 Å². The van der Waals surface area contributed by atoms with Crippen molar-refractivity contribution in [2.45, 2.75) is 6.54 Å². The number of carbonyl (C=O) groups is 2. The molecular weight excluding hydrogens is 392 g/mol. The molecule has 4 N–H and O–H groups in total. The Morgan fingerprint density at radius 1 is 0.935 bits per heavy atom. The van der Waals surface area contributed by atoms with Gasteiger partial charge in [-0.05, 0) is 35.9 Å². The topological polar surface area (TPSA) is 107 Å². The molecule has 31 heavy (non-hydrogen) atoms. The Morgan fingerprint density at radius 2 is 1.77 bits per heavy atom. The van der Waals surface area contributed by atoms with E-state index in [1.165, 1.54) is 5.56 Å². The molecule has 0 aliphatic heterocycles. The van der Waals surface area contributed by atoms with E-state index >= 15 is 0 Å². The number of aromatic amines is 1. The van der Waals surface area contributed by atoms with Gasteiger partial charge in [0.25, 0.3) is 0 Å². The molecule has 1 heterocycles. The number of rotatable bonds is 7. The van der Waals surface area contributed by atoms with Crippen molar-refractivity contribution in [3.8, 4) is 11.3 Å². The summed E-state index contributed by atoms with van der Waals surface area (Å²) in [5, 5.41) is 23.2. The number of carbonyl (C=O) groups excluding carboxylic acids is 1. The average Bonchev–Trinajstić information content (AvgIpc) is 3.20. The number of carboxylic acids is 1. The maximum atomic E-state index is 11.9. The highest BCUT2D eigenvalue weighted by molar-refractivity contribution is 6.03. The number of nitrogens with one attached hydrogen (secondary N) is 3. The van der Waals surface area contributed by atoms with Crippen molar-refractivity contribution in [2.24, 2.45) is 0 Å². The Morgan fingerprint density at radius 3 is 2.58 bits per heavy atom. The fourth-order valence-corrected chi connectivity index (χ4v) is 3.22. The van der Waals surface area contributed by atoms with Gasteiger partial charge in [0.15, 0.2) is 0 Å². The molecule has 0 saturated carbocycles. The van der Waals surface area contributed by atoms with E-state index < -0.39 is 11.9 Å². The SMILES string of the molecule is O=C(O)/C=C\C(=O)Nc1cccc(-c2n[nH]c3ccc(NCc4ccccc4)cc23)c1. The van der Waals surface area contributed by atoms with E-state index in [4.69, 9.17) is 5.11 Å². The standard InChI is InChI=1S/C24H20N4O3/c29-22(11-12-23(30)31)26-19-8-4-7-17(13-19)24-20-14-18(9-10-21(20)27-28-24)25-15-16-5-2-1-3-6-16/h1-14,25H,15H2,(H,26,29)(H,27,28)(H,30,31)/b12-11-. The van der Waals surface area contributed by atoms with E-state index in [1.807, 2.05) is 48.5 Å². The number of aliphatic carboxylic acids is 1. The third-order valence-electron chi connectivity index (χ3n) is 4.68. The van der Waals surface area contributed by atoms with E-state index in [1.54, 1.807) is 12.1 Å². The summed E-state index contributed by atoms with van der Waals surface area (Å²) in [5.41, 5.74) is 5.20. The lowest BCUT2D eigenvalue weighted by molar-refractivity contribution is -0.131. The summed E-state index contributed by atoms with van der Waals surface area (Å²) in [4.78, 5) is 22.4. The Balaban J connectivity index is 1.56. The van der Waals surface area contributed by atoms with Gasteiger partial charge < -0.3 is 15.7 Å². The van der Waals surface area contributed by atoms with Crippen molar-refractivity contribution in [1.82, 2.24) is 10.2 Å². The van der Waals surface area contributed by atoms with Crippen molar-refractivity contribution in [2.75, 3.05) is 10.6 Å². The van der Waals surface area contributed by atoms with Crippen molar-refractivity contribution >= 4 is 34.2 Å². The summed E-state index contributed by atoms with van der Waals surface area (Å²) >= 11 is 0. The van der Waals surface area contributed by atoms with Crippen molar-refractivity contribution in [3.05, 3.63) is 90.5 Å². The minimum atomic E-state index is -1.18. The summed E-state index contributed by atoms with van der Waals surface area (Å²) in [5.74, 6) is -1.69. The van der Waals surface area contributed by atoms with Gasteiger partial charge in [-0.15, -0.1) is 0 Å². The Bertz CT molecular complexity index is 1260. The van der Waals surface area contributed by atoms with E-state index in [-0.39, 0.29) is 0 Å². The molecule has 0 spiro atoms. The zero-order chi connectivity index (χ0) is 21.6. The van der Waals surface area contributed by atoms with Crippen LogP contribution < -0.4 is 10.6 Å². The van der Waals surface area contributed by atoms with Gasteiger partial charge in [0, 0.05) is 41.0 Å². The summed E-state index contributed by atoms with van der Waals surface area (Å²) < 4.78 is 0. The van der Waals surface area contributed by atoms with Gasteiger partial charge in [-0.2, -0.15) is 5.10 Å². The van der Waals surface area contributed by atoms with Gasteiger partial charge in [0.2, 0.25) is 5.91 Å². The second-order valence-corrected chi connectivity index (χ2v) is 6.91. The molecule has 0 saturated heterocycles. The Hall–Kier alpha value is -4.39. The molecule has 7 nitrogen and oxygen atoms in total. The molecule has 0 unspecified atom stereocenters. The summed E-state index contributed by atoms with van der Waals surface area (Å²) in [7, 11) is 0. The van der Waals surface area contributed by atoms with Crippen molar-refractivity contribution < 1.29 is 14.7 Å². The lowest BCUT2D eigenvalue weighted by Gasteiger charge is -2.08. The second kappa shape index (κ2) is 8.96. The highest BCUT2D eigenvalue weighted by Crippen LogP contribution is 2.30. The third-order valence-corrected chi connectivity index (χ3v) is 4.68. The molecule has 1 amide bonds. The molecule has 3 aromatic carbocycles. The van der Waals surface area contributed by atoms with Crippen LogP contribution in [0.2, 0.25) is 0 Å². The molecule has 0 aliphatic carbocycles. The molecule has 1 aromatic heterocycles. The van der Waals surface area contributed by atoms with Crippen LogP contribution in [-0.4, -0.2) is 27.2 Å². The van der Waals surface area contributed by atoms with E-state index in [0.29, 0.717) is 12.2 Å². The van der Waals surface area contributed by atoms with Gasteiger partial charge >= 0.3 is 5.97 Å². The van der Waals surface area contributed by atoms with Gasteiger partial charge in [-0.25, -0.2) is 4.79 Å². The normalized spacial score (nSPS) is 11.0. The number of nitrogens with zero attached hydrogens (tertiary/aromatic N) is 1. The maximum absolute atomic E-state index is 11.9. The Labute approximate surface area is 178 Å². The summed E-state index contributed by atoms with van der Waals surface area (Å²) in [6.45, 7) is 0.713. The number of carboxylic acid groups (broad SMARTS) is 1. The van der Waals surface area contributed by atoms with Crippen LogP contribution in [0.1, 0.15) is 5.56 Å². The van der Waals surface area contributed by atoms with Crippen molar-refractivity contribution in [3.63, 3.8) is 0 Å². The molecule has 0 atom stereocenters. The number of H-pyrrole nitrogens is 1. The first kappa shape index (κ1) is 19.9. The zero-order valence-corrected chi connectivity index (χ0v) is 16.5. The number of fused-ring (bicyclic) bond motifs is 1. The molecule has 0 bridgehead atoms. The lowest BCUT2D eigenvalue weighted by atomic mass is 10.1. The lowest BCUT2D eigenvalue weighted by Crippen LogP contribution is -2.08. The molecule has 154 valence electrons. The number of hydrogen-bond donors (Lipinski definition) is 4. The van der Waals surface area contributed by atoms with Gasteiger partial charge in [-0.3, -0.25) is 9.89 Å². The van der Waals surface area contributed by atoms with Gasteiger partial charge in [0.05, 0.1) is 5.52 Å². The van der Waals surface area contributed by atoms with Crippen LogP contribution in [0.15, 0.2) is 84.9 Å². The monoisotopic (exact) mass is 412 g/mol. The fraction of sp³-hybridized carbons (Fsp3) is 0.0417.